The van der Waals surface area contributed by atoms with Crippen molar-refractivity contribution < 1.29 is 32.7 Å². The molecule has 1 N–H and O–H groups in total. The third-order valence-corrected chi connectivity index (χ3v) is 5.04. The lowest BCUT2D eigenvalue weighted by molar-refractivity contribution is -0.192. The average Bonchev–Trinajstić information content (AvgIpc) is 2.98. The summed E-state index contributed by atoms with van der Waals surface area (Å²) in [7, 11) is 0. The Morgan fingerprint density at radius 2 is 1.93 bits per heavy atom. The third kappa shape index (κ3) is 5.24. The normalized spacial score (nSPS) is 21.9. The summed E-state index contributed by atoms with van der Waals surface area (Å²) in [4.78, 5) is 41.9. The minimum absolute atomic E-state index is 0.0301. The Bertz CT molecular complexity index is 755. The number of aromatic nitrogens is 1. The van der Waals surface area contributed by atoms with E-state index in [2.05, 4.69) is 4.98 Å². The van der Waals surface area contributed by atoms with Crippen LogP contribution in [0.2, 0.25) is 0 Å². The molecule has 7 nitrogen and oxygen atoms in total. The highest BCUT2D eigenvalue weighted by Gasteiger charge is 2.50. The molecule has 0 bridgehead atoms. The van der Waals surface area contributed by atoms with Crippen molar-refractivity contribution in [3.05, 3.63) is 24.5 Å². The first-order chi connectivity index (χ1) is 13.5. The molecule has 1 aromatic rings. The average molecular weight is 415 g/mol. The van der Waals surface area contributed by atoms with Crippen molar-refractivity contribution >= 4 is 23.5 Å². The Kier molecular flexibility index (Phi) is 6.86. The highest BCUT2D eigenvalue weighted by atomic mass is 19.4. The SMILES string of the molecule is CC(C)C(=O)N1CCCCC12CC(=O)N(c1cccnc1)C2.O=C(O)C(F)(F)F. The number of aliphatic carboxylic acids is 1. The van der Waals surface area contributed by atoms with Gasteiger partial charge in [-0.3, -0.25) is 14.6 Å². The highest BCUT2D eigenvalue weighted by Crippen LogP contribution is 2.39. The number of hydrogen-bond donors (Lipinski definition) is 1. The fraction of sp³-hybridized carbons (Fsp3) is 0.579. The number of likely N-dealkylation sites (tertiary alicyclic amines) is 1. The van der Waals surface area contributed by atoms with E-state index in [0.717, 1.165) is 31.5 Å². The van der Waals surface area contributed by atoms with Crippen molar-refractivity contribution in [3.8, 4) is 0 Å². The highest BCUT2D eigenvalue weighted by molar-refractivity contribution is 5.97. The van der Waals surface area contributed by atoms with Crippen LogP contribution in [-0.4, -0.2) is 57.6 Å². The molecule has 0 aliphatic carbocycles. The Morgan fingerprint density at radius 1 is 1.28 bits per heavy atom. The number of anilines is 1. The first kappa shape index (κ1) is 22.6. The van der Waals surface area contributed by atoms with E-state index in [0.29, 0.717) is 13.0 Å². The minimum atomic E-state index is -5.08. The summed E-state index contributed by atoms with van der Waals surface area (Å²) >= 11 is 0. The van der Waals surface area contributed by atoms with Gasteiger partial charge in [0.25, 0.3) is 0 Å². The van der Waals surface area contributed by atoms with Crippen LogP contribution < -0.4 is 4.90 Å². The molecule has 2 amide bonds. The lowest BCUT2D eigenvalue weighted by Gasteiger charge is -2.45. The predicted octanol–water partition coefficient (Wildman–Crippen LogP) is 2.86. The molecule has 2 fully saturated rings. The Labute approximate surface area is 166 Å². The molecule has 10 heteroatoms. The fourth-order valence-electron chi connectivity index (χ4n) is 3.66. The number of carbonyl (C=O) groups is 3. The maximum Gasteiger partial charge on any atom is 0.490 e. The molecular weight excluding hydrogens is 391 g/mol. The first-order valence-corrected chi connectivity index (χ1v) is 9.30. The Hall–Kier alpha value is -2.65. The van der Waals surface area contributed by atoms with Gasteiger partial charge in [0.2, 0.25) is 11.8 Å². The zero-order valence-corrected chi connectivity index (χ0v) is 16.3. The summed E-state index contributed by atoms with van der Waals surface area (Å²) in [5.74, 6) is -2.53. The van der Waals surface area contributed by atoms with Gasteiger partial charge in [-0.25, -0.2) is 4.79 Å². The number of carbonyl (C=O) groups excluding carboxylic acids is 2. The van der Waals surface area contributed by atoms with E-state index >= 15 is 0 Å². The number of alkyl halides is 3. The number of halogens is 3. The van der Waals surface area contributed by atoms with Crippen LogP contribution in [0.1, 0.15) is 39.5 Å². The molecule has 2 aliphatic heterocycles. The Balaban J connectivity index is 0.000000370. The molecule has 1 atom stereocenters. The number of pyridine rings is 1. The van der Waals surface area contributed by atoms with Crippen molar-refractivity contribution in [1.82, 2.24) is 9.88 Å². The maximum absolute atomic E-state index is 12.6. The number of amides is 2. The molecule has 2 saturated heterocycles. The molecule has 2 aliphatic rings. The second kappa shape index (κ2) is 8.79. The van der Waals surface area contributed by atoms with E-state index in [4.69, 9.17) is 9.90 Å². The summed E-state index contributed by atoms with van der Waals surface area (Å²) < 4.78 is 31.7. The number of carboxylic acid groups (broad SMARTS) is 1. The number of hydrogen-bond acceptors (Lipinski definition) is 4. The topological polar surface area (TPSA) is 90.8 Å². The summed E-state index contributed by atoms with van der Waals surface area (Å²) in [6, 6.07) is 3.74. The molecule has 0 radical (unpaired) electrons. The molecule has 1 unspecified atom stereocenters. The lowest BCUT2D eigenvalue weighted by atomic mass is 9.84. The molecule has 29 heavy (non-hydrogen) atoms. The van der Waals surface area contributed by atoms with Gasteiger partial charge >= 0.3 is 12.1 Å². The largest absolute Gasteiger partial charge is 0.490 e. The van der Waals surface area contributed by atoms with Crippen LogP contribution in [0, 0.1) is 5.92 Å². The second-order valence-corrected chi connectivity index (χ2v) is 7.50. The van der Waals surface area contributed by atoms with Crippen molar-refractivity contribution in [1.29, 1.82) is 0 Å². The van der Waals surface area contributed by atoms with Crippen LogP contribution in [0.3, 0.4) is 0 Å². The van der Waals surface area contributed by atoms with Gasteiger partial charge in [-0.05, 0) is 31.4 Å². The van der Waals surface area contributed by atoms with E-state index in [-0.39, 0.29) is 23.3 Å². The maximum atomic E-state index is 12.6. The second-order valence-electron chi connectivity index (χ2n) is 7.50. The van der Waals surface area contributed by atoms with Crippen LogP contribution in [0.4, 0.5) is 18.9 Å². The van der Waals surface area contributed by atoms with Crippen molar-refractivity contribution in [2.24, 2.45) is 5.92 Å². The smallest absolute Gasteiger partial charge is 0.475 e. The third-order valence-electron chi connectivity index (χ3n) is 5.04. The molecular formula is C19H24F3N3O4. The van der Waals surface area contributed by atoms with Gasteiger partial charge in [-0.15, -0.1) is 0 Å². The zero-order chi connectivity index (χ0) is 21.8. The number of nitrogens with zero attached hydrogens (tertiary/aromatic N) is 3. The minimum Gasteiger partial charge on any atom is -0.475 e. The lowest BCUT2D eigenvalue weighted by Crippen LogP contribution is -2.57. The van der Waals surface area contributed by atoms with Crippen LogP contribution in [-0.2, 0) is 14.4 Å². The molecule has 160 valence electrons. The van der Waals surface area contributed by atoms with Crippen LogP contribution in [0.25, 0.3) is 0 Å². The van der Waals surface area contributed by atoms with Gasteiger partial charge in [0.1, 0.15) is 0 Å². The standard InChI is InChI=1S/C17H23N3O2.C2HF3O2/c1-13(2)16(22)20-9-4-3-7-17(20)10-15(21)19(12-17)14-6-5-8-18-11-14;3-2(4,5)1(6)7/h5-6,8,11,13H,3-4,7,9-10,12H2,1-2H3;(H,6,7). The van der Waals surface area contributed by atoms with Gasteiger partial charge in [-0.2, -0.15) is 13.2 Å². The molecule has 0 aromatic carbocycles. The van der Waals surface area contributed by atoms with Crippen molar-refractivity contribution in [2.45, 2.75) is 51.2 Å². The molecule has 3 rings (SSSR count). The van der Waals surface area contributed by atoms with E-state index in [9.17, 15) is 22.8 Å². The van der Waals surface area contributed by atoms with Crippen molar-refractivity contribution in [2.75, 3.05) is 18.0 Å². The van der Waals surface area contributed by atoms with Gasteiger partial charge in [0.05, 0.1) is 23.8 Å². The summed E-state index contributed by atoms with van der Waals surface area (Å²) in [6.07, 6.45) is 1.79. The van der Waals surface area contributed by atoms with Crippen LogP contribution in [0.5, 0.6) is 0 Å². The quantitative estimate of drug-likeness (QED) is 0.802. The Morgan fingerprint density at radius 3 is 2.45 bits per heavy atom. The zero-order valence-electron chi connectivity index (χ0n) is 16.3. The fourth-order valence-corrected chi connectivity index (χ4v) is 3.66. The van der Waals surface area contributed by atoms with E-state index in [1.807, 2.05) is 30.9 Å². The summed E-state index contributed by atoms with van der Waals surface area (Å²) in [5.41, 5.74) is 0.499. The molecule has 0 saturated carbocycles. The van der Waals surface area contributed by atoms with Gasteiger partial charge < -0.3 is 14.9 Å². The van der Waals surface area contributed by atoms with Crippen LogP contribution in [0.15, 0.2) is 24.5 Å². The van der Waals surface area contributed by atoms with Gasteiger partial charge in [0.15, 0.2) is 0 Å². The molecule has 1 spiro atoms. The van der Waals surface area contributed by atoms with Gasteiger partial charge in [-0.1, -0.05) is 13.8 Å². The number of piperidine rings is 1. The number of carboxylic acids is 1. The predicted molar refractivity (Wildman–Crippen MR) is 98.0 cm³/mol. The summed E-state index contributed by atoms with van der Waals surface area (Å²) in [5, 5.41) is 7.12. The molecule has 3 heterocycles. The van der Waals surface area contributed by atoms with Crippen molar-refractivity contribution in [3.63, 3.8) is 0 Å². The summed E-state index contributed by atoms with van der Waals surface area (Å²) in [6.45, 7) is 5.22. The van der Waals surface area contributed by atoms with E-state index < -0.39 is 12.1 Å². The number of rotatable bonds is 2. The van der Waals surface area contributed by atoms with Crippen LogP contribution >= 0.6 is 0 Å². The first-order valence-electron chi connectivity index (χ1n) is 9.30. The molecule has 1 aromatic heterocycles. The van der Waals surface area contributed by atoms with Gasteiger partial charge in [0, 0.05) is 25.2 Å². The van der Waals surface area contributed by atoms with E-state index in [1.165, 1.54) is 0 Å². The van der Waals surface area contributed by atoms with E-state index in [1.54, 1.807) is 17.3 Å². The monoisotopic (exact) mass is 415 g/mol.